The number of rotatable bonds is 10. The highest BCUT2D eigenvalue weighted by molar-refractivity contribution is 7.98. The molecule has 0 fully saturated rings. The van der Waals surface area contributed by atoms with Gasteiger partial charge in [0.15, 0.2) is 0 Å². The molecule has 0 aliphatic carbocycles. The lowest BCUT2D eigenvalue weighted by molar-refractivity contribution is 0.407. The first kappa shape index (κ1) is 15.4. The second-order valence-corrected chi connectivity index (χ2v) is 5.38. The molecule has 0 atom stereocenters. The van der Waals surface area contributed by atoms with Gasteiger partial charge < -0.3 is 10.1 Å². The Bertz CT molecular complexity index is 317. The van der Waals surface area contributed by atoms with Gasteiger partial charge >= 0.3 is 0 Å². The molecule has 1 aromatic rings. The van der Waals surface area contributed by atoms with Crippen molar-refractivity contribution in [3.05, 3.63) is 29.8 Å². The van der Waals surface area contributed by atoms with Gasteiger partial charge in [0, 0.05) is 12.1 Å². The largest absolute Gasteiger partial charge is 0.496 e. The molecule has 1 rings (SSSR count). The van der Waals surface area contributed by atoms with Crippen molar-refractivity contribution < 1.29 is 4.74 Å². The highest BCUT2D eigenvalue weighted by atomic mass is 32.2. The van der Waals surface area contributed by atoms with Crippen LogP contribution in [0.2, 0.25) is 0 Å². The van der Waals surface area contributed by atoms with Gasteiger partial charge in [0.2, 0.25) is 0 Å². The van der Waals surface area contributed by atoms with Crippen molar-refractivity contribution >= 4 is 11.8 Å². The lowest BCUT2D eigenvalue weighted by Gasteiger charge is -2.09. The van der Waals surface area contributed by atoms with E-state index in [-0.39, 0.29) is 0 Å². The number of ether oxygens (including phenoxy) is 1. The summed E-state index contributed by atoms with van der Waals surface area (Å²) in [5, 5.41) is 3.48. The van der Waals surface area contributed by atoms with Crippen molar-refractivity contribution in [3.8, 4) is 5.75 Å². The summed E-state index contributed by atoms with van der Waals surface area (Å²) in [5.41, 5.74) is 1.24. The van der Waals surface area contributed by atoms with Gasteiger partial charge in [-0.2, -0.15) is 11.8 Å². The maximum atomic E-state index is 5.33. The van der Waals surface area contributed by atoms with Crippen LogP contribution in [0.5, 0.6) is 5.75 Å². The molecule has 0 heterocycles. The van der Waals surface area contributed by atoms with E-state index >= 15 is 0 Å². The van der Waals surface area contributed by atoms with Crippen LogP contribution in [0.4, 0.5) is 0 Å². The fourth-order valence-electron chi connectivity index (χ4n) is 1.92. The first-order chi connectivity index (χ1) is 8.88. The molecule has 0 bridgehead atoms. The highest BCUT2D eigenvalue weighted by Crippen LogP contribution is 2.16. The molecule has 0 saturated heterocycles. The molecule has 0 unspecified atom stereocenters. The summed E-state index contributed by atoms with van der Waals surface area (Å²) in [5.74, 6) is 2.28. The number of unbranched alkanes of at least 4 members (excludes halogenated alkanes) is 3. The van der Waals surface area contributed by atoms with Crippen LogP contribution in [0.25, 0.3) is 0 Å². The summed E-state index contributed by atoms with van der Waals surface area (Å²) in [6.07, 6.45) is 7.49. The third-order valence-corrected chi connectivity index (χ3v) is 3.66. The zero-order valence-corrected chi connectivity index (χ0v) is 12.4. The molecule has 0 spiro atoms. The second kappa shape index (κ2) is 10.3. The minimum absolute atomic E-state index is 0.898. The van der Waals surface area contributed by atoms with Crippen LogP contribution in [0.3, 0.4) is 0 Å². The topological polar surface area (TPSA) is 21.3 Å². The Labute approximate surface area is 116 Å². The van der Waals surface area contributed by atoms with Crippen LogP contribution in [0.15, 0.2) is 24.3 Å². The van der Waals surface area contributed by atoms with Gasteiger partial charge in [0.25, 0.3) is 0 Å². The van der Waals surface area contributed by atoms with E-state index in [1.165, 1.54) is 37.0 Å². The van der Waals surface area contributed by atoms with Crippen LogP contribution in [-0.4, -0.2) is 25.7 Å². The number of hydrogen-bond donors (Lipinski definition) is 1. The molecule has 1 aromatic carbocycles. The maximum absolute atomic E-state index is 5.33. The number of hydrogen-bond acceptors (Lipinski definition) is 3. The summed E-state index contributed by atoms with van der Waals surface area (Å²) in [6, 6.07) is 8.19. The number of thioether (sulfide) groups is 1. The number of benzene rings is 1. The lowest BCUT2D eigenvalue weighted by atomic mass is 10.2. The Morgan fingerprint density at radius 3 is 2.67 bits per heavy atom. The fraction of sp³-hybridized carbons (Fsp3) is 0.600. The van der Waals surface area contributed by atoms with E-state index in [4.69, 9.17) is 4.74 Å². The molecule has 0 saturated carbocycles. The van der Waals surface area contributed by atoms with Gasteiger partial charge in [0.05, 0.1) is 7.11 Å². The zero-order chi connectivity index (χ0) is 13.1. The standard InChI is InChI=1S/C15H25NOS/c1-17-15-10-6-5-9-14(15)13-16-11-7-3-4-8-12-18-2/h5-6,9-10,16H,3-4,7-8,11-13H2,1-2H3. The molecule has 0 radical (unpaired) electrons. The quantitative estimate of drug-likeness (QED) is 0.653. The van der Waals surface area contributed by atoms with E-state index in [0.29, 0.717) is 0 Å². The lowest BCUT2D eigenvalue weighted by Crippen LogP contribution is -2.15. The summed E-state index contributed by atoms with van der Waals surface area (Å²) in [6.45, 7) is 1.99. The monoisotopic (exact) mass is 267 g/mol. The van der Waals surface area contributed by atoms with Gasteiger partial charge in [0.1, 0.15) is 5.75 Å². The van der Waals surface area contributed by atoms with Crippen LogP contribution in [0, 0.1) is 0 Å². The average Bonchev–Trinajstić information content (AvgIpc) is 2.42. The van der Waals surface area contributed by atoms with Crippen LogP contribution in [-0.2, 0) is 6.54 Å². The maximum Gasteiger partial charge on any atom is 0.123 e. The first-order valence-corrected chi connectivity index (χ1v) is 8.09. The Morgan fingerprint density at radius 1 is 1.11 bits per heavy atom. The van der Waals surface area contributed by atoms with Gasteiger partial charge in [-0.3, -0.25) is 0 Å². The molecule has 0 amide bonds. The summed E-state index contributed by atoms with van der Waals surface area (Å²) in [4.78, 5) is 0. The Kier molecular flexibility index (Phi) is 8.78. The van der Waals surface area contributed by atoms with Gasteiger partial charge in [-0.1, -0.05) is 31.0 Å². The van der Waals surface area contributed by atoms with Crippen molar-refractivity contribution in [2.24, 2.45) is 0 Å². The highest BCUT2D eigenvalue weighted by Gasteiger charge is 2.00. The molecule has 102 valence electrons. The minimum atomic E-state index is 0.898. The SMILES string of the molecule is COc1ccccc1CNCCCCCCSC. The van der Waals surface area contributed by atoms with E-state index in [1.807, 2.05) is 23.9 Å². The van der Waals surface area contributed by atoms with Crippen LogP contribution in [0.1, 0.15) is 31.2 Å². The molecule has 0 aromatic heterocycles. The first-order valence-electron chi connectivity index (χ1n) is 6.70. The minimum Gasteiger partial charge on any atom is -0.496 e. The second-order valence-electron chi connectivity index (χ2n) is 4.40. The Hall–Kier alpha value is -0.670. The van der Waals surface area contributed by atoms with Crippen molar-refractivity contribution in [3.63, 3.8) is 0 Å². The Morgan fingerprint density at radius 2 is 1.89 bits per heavy atom. The van der Waals surface area contributed by atoms with E-state index < -0.39 is 0 Å². The Balaban J connectivity index is 2.07. The molecule has 1 N–H and O–H groups in total. The van der Waals surface area contributed by atoms with Crippen molar-refractivity contribution in [2.75, 3.05) is 25.7 Å². The van der Waals surface area contributed by atoms with E-state index in [2.05, 4.69) is 23.7 Å². The van der Waals surface area contributed by atoms with Gasteiger partial charge in [-0.15, -0.1) is 0 Å². The molecular weight excluding hydrogens is 242 g/mol. The van der Waals surface area contributed by atoms with E-state index in [0.717, 1.165) is 18.8 Å². The van der Waals surface area contributed by atoms with Crippen LogP contribution >= 0.6 is 11.8 Å². The van der Waals surface area contributed by atoms with E-state index in [9.17, 15) is 0 Å². The fourth-order valence-corrected chi connectivity index (χ4v) is 2.41. The normalized spacial score (nSPS) is 10.6. The third kappa shape index (κ3) is 6.31. The molecule has 2 nitrogen and oxygen atoms in total. The molecule has 0 aliphatic heterocycles. The summed E-state index contributed by atoms with van der Waals surface area (Å²) < 4.78 is 5.33. The molecule has 18 heavy (non-hydrogen) atoms. The predicted molar refractivity (Wildman–Crippen MR) is 81.6 cm³/mol. The molecule has 0 aliphatic rings. The summed E-state index contributed by atoms with van der Waals surface area (Å²) in [7, 11) is 1.73. The number of para-hydroxylation sites is 1. The van der Waals surface area contributed by atoms with Gasteiger partial charge in [-0.05, 0) is 37.5 Å². The average molecular weight is 267 g/mol. The van der Waals surface area contributed by atoms with Crippen molar-refractivity contribution in [1.82, 2.24) is 5.32 Å². The zero-order valence-electron chi connectivity index (χ0n) is 11.6. The number of nitrogens with one attached hydrogen (secondary N) is 1. The van der Waals surface area contributed by atoms with Crippen molar-refractivity contribution in [1.29, 1.82) is 0 Å². The molecule has 3 heteroatoms. The number of methoxy groups -OCH3 is 1. The van der Waals surface area contributed by atoms with Gasteiger partial charge in [-0.25, -0.2) is 0 Å². The van der Waals surface area contributed by atoms with E-state index in [1.54, 1.807) is 7.11 Å². The molecular formula is C15H25NOS. The van der Waals surface area contributed by atoms with Crippen LogP contribution < -0.4 is 10.1 Å². The van der Waals surface area contributed by atoms with Crippen molar-refractivity contribution in [2.45, 2.75) is 32.2 Å². The smallest absolute Gasteiger partial charge is 0.123 e. The predicted octanol–water partition coefficient (Wildman–Crippen LogP) is 3.71. The summed E-state index contributed by atoms with van der Waals surface area (Å²) >= 11 is 1.94. The third-order valence-electron chi connectivity index (χ3n) is 2.96.